The summed E-state index contributed by atoms with van der Waals surface area (Å²) in [5, 5.41) is 7.45. The van der Waals surface area contributed by atoms with Gasteiger partial charge in [-0.15, -0.1) is 0 Å². The van der Waals surface area contributed by atoms with Crippen LogP contribution in [0.1, 0.15) is 36.5 Å². The van der Waals surface area contributed by atoms with Crippen LogP contribution in [-0.4, -0.2) is 27.7 Å². The molecule has 1 saturated heterocycles. The molecule has 1 N–H and O–H groups in total. The summed E-state index contributed by atoms with van der Waals surface area (Å²) in [5.74, 6) is 1.86. The minimum atomic E-state index is 0.351. The summed E-state index contributed by atoms with van der Waals surface area (Å²) in [6.07, 6.45) is 5.32. The first kappa shape index (κ1) is 11.3. The number of aromatic nitrogens is 3. The van der Waals surface area contributed by atoms with E-state index in [9.17, 15) is 0 Å². The van der Waals surface area contributed by atoms with Crippen molar-refractivity contribution >= 4 is 0 Å². The first-order valence-corrected chi connectivity index (χ1v) is 6.27. The molecular formula is C13H16N4O. The highest BCUT2D eigenvalue weighted by molar-refractivity contribution is 5.15. The molecule has 0 aliphatic carbocycles. The van der Waals surface area contributed by atoms with Crippen LogP contribution in [0.2, 0.25) is 0 Å². The van der Waals surface area contributed by atoms with Crippen molar-refractivity contribution in [2.75, 3.05) is 6.54 Å². The van der Waals surface area contributed by atoms with Gasteiger partial charge in [0, 0.05) is 24.9 Å². The van der Waals surface area contributed by atoms with Crippen LogP contribution in [0.15, 0.2) is 29.0 Å². The maximum absolute atomic E-state index is 5.37. The van der Waals surface area contributed by atoms with Crippen molar-refractivity contribution in [2.24, 2.45) is 0 Å². The molecule has 2 aromatic rings. The molecule has 0 spiro atoms. The first-order chi connectivity index (χ1) is 8.83. The van der Waals surface area contributed by atoms with Crippen LogP contribution in [0.5, 0.6) is 0 Å². The second-order valence-electron chi connectivity index (χ2n) is 4.72. The van der Waals surface area contributed by atoms with Crippen LogP contribution in [0.25, 0.3) is 0 Å². The minimum absolute atomic E-state index is 0.351. The van der Waals surface area contributed by atoms with Gasteiger partial charge in [0.15, 0.2) is 5.82 Å². The van der Waals surface area contributed by atoms with Crippen LogP contribution in [0.3, 0.4) is 0 Å². The van der Waals surface area contributed by atoms with Crippen molar-refractivity contribution in [1.82, 2.24) is 20.4 Å². The average molecular weight is 244 g/mol. The van der Waals surface area contributed by atoms with Crippen molar-refractivity contribution in [2.45, 2.75) is 31.7 Å². The lowest BCUT2D eigenvalue weighted by molar-refractivity contribution is 0.342. The maximum Gasteiger partial charge on any atom is 0.231 e. The predicted octanol–water partition coefficient (Wildman–Crippen LogP) is 1.52. The van der Waals surface area contributed by atoms with E-state index in [1.165, 1.54) is 0 Å². The van der Waals surface area contributed by atoms with Crippen molar-refractivity contribution in [1.29, 1.82) is 0 Å². The maximum atomic E-state index is 5.37. The summed E-state index contributed by atoms with van der Waals surface area (Å²) >= 11 is 0. The second kappa shape index (κ2) is 4.86. The third-order valence-electron chi connectivity index (χ3n) is 3.44. The molecule has 1 fully saturated rings. The van der Waals surface area contributed by atoms with Crippen LogP contribution in [0, 0.1) is 0 Å². The zero-order chi connectivity index (χ0) is 12.4. The van der Waals surface area contributed by atoms with E-state index >= 15 is 0 Å². The Labute approximate surface area is 106 Å². The minimum Gasteiger partial charge on any atom is -0.339 e. The highest BCUT2D eigenvalue weighted by atomic mass is 16.5. The molecule has 5 heteroatoms. The standard InChI is InChI=1S/C13H16N4O/c1-9-11(4-7-15-9)13-16-12(17-18-13)8-10-2-5-14-6-3-10/h2-3,5-6,9,11,15H,4,7-8H2,1H3. The van der Waals surface area contributed by atoms with Gasteiger partial charge >= 0.3 is 0 Å². The van der Waals surface area contributed by atoms with E-state index in [-0.39, 0.29) is 0 Å². The van der Waals surface area contributed by atoms with Crippen LogP contribution >= 0.6 is 0 Å². The Morgan fingerprint density at radius 1 is 1.39 bits per heavy atom. The molecule has 2 atom stereocenters. The molecule has 0 aromatic carbocycles. The van der Waals surface area contributed by atoms with E-state index in [2.05, 4.69) is 27.4 Å². The molecule has 1 aliphatic rings. The van der Waals surface area contributed by atoms with Gasteiger partial charge in [-0.3, -0.25) is 4.98 Å². The normalized spacial score (nSPS) is 23.4. The Morgan fingerprint density at radius 2 is 2.22 bits per heavy atom. The molecule has 0 amide bonds. The van der Waals surface area contributed by atoms with Gasteiger partial charge in [0.05, 0.1) is 5.92 Å². The molecule has 1 aliphatic heterocycles. The number of hydrogen-bond acceptors (Lipinski definition) is 5. The molecular weight excluding hydrogens is 228 g/mol. The summed E-state index contributed by atoms with van der Waals surface area (Å²) in [5.41, 5.74) is 1.15. The Balaban J connectivity index is 1.74. The average Bonchev–Trinajstić information content (AvgIpc) is 2.99. The van der Waals surface area contributed by atoms with Crippen LogP contribution in [0.4, 0.5) is 0 Å². The van der Waals surface area contributed by atoms with Crippen LogP contribution < -0.4 is 5.32 Å². The Kier molecular flexibility index (Phi) is 3.06. The number of nitrogens with zero attached hydrogens (tertiary/aromatic N) is 3. The van der Waals surface area contributed by atoms with E-state index in [4.69, 9.17) is 4.52 Å². The lowest BCUT2D eigenvalue weighted by atomic mass is 10.0. The molecule has 5 nitrogen and oxygen atoms in total. The number of rotatable bonds is 3. The SMILES string of the molecule is CC1NCCC1c1nc(Cc2ccncc2)no1. The highest BCUT2D eigenvalue weighted by Gasteiger charge is 2.29. The lowest BCUT2D eigenvalue weighted by Crippen LogP contribution is -2.21. The third kappa shape index (κ3) is 2.26. The first-order valence-electron chi connectivity index (χ1n) is 6.27. The number of hydrogen-bond donors (Lipinski definition) is 1. The summed E-state index contributed by atoms with van der Waals surface area (Å²) < 4.78 is 5.37. The topological polar surface area (TPSA) is 63.8 Å². The smallest absolute Gasteiger partial charge is 0.231 e. The summed E-state index contributed by atoms with van der Waals surface area (Å²) in [4.78, 5) is 8.49. The van der Waals surface area contributed by atoms with Crippen molar-refractivity contribution in [3.63, 3.8) is 0 Å². The quantitative estimate of drug-likeness (QED) is 0.886. The van der Waals surface area contributed by atoms with Crippen molar-refractivity contribution in [3.05, 3.63) is 41.8 Å². The molecule has 2 aromatic heterocycles. The van der Waals surface area contributed by atoms with Gasteiger partial charge in [-0.05, 0) is 37.6 Å². The van der Waals surface area contributed by atoms with Gasteiger partial charge in [0.1, 0.15) is 0 Å². The predicted molar refractivity (Wildman–Crippen MR) is 66.2 cm³/mol. The zero-order valence-corrected chi connectivity index (χ0v) is 10.3. The van der Waals surface area contributed by atoms with E-state index in [0.29, 0.717) is 18.4 Å². The molecule has 0 saturated carbocycles. The number of nitrogens with one attached hydrogen (secondary N) is 1. The fraction of sp³-hybridized carbons (Fsp3) is 0.462. The molecule has 3 rings (SSSR count). The molecule has 2 unspecified atom stereocenters. The Bertz CT molecular complexity index is 511. The lowest BCUT2D eigenvalue weighted by Gasteiger charge is -2.08. The van der Waals surface area contributed by atoms with Gasteiger partial charge in [0.25, 0.3) is 0 Å². The van der Waals surface area contributed by atoms with Gasteiger partial charge in [-0.1, -0.05) is 5.16 Å². The molecule has 18 heavy (non-hydrogen) atoms. The van der Waals surface area contributed by atoms with Crippen LogP contribution in [-0.2, 0) is 6.42 Å². The fourth-order valence-electron chi connectivity index (χ4n) is 2.37. The molecule has 0 radical (unpaired) electrons. The van der Waals surface area contributed by atoms with E-state index in [1.807, 2.05) is 12.1 Å². The summed E-state index contributed by atoms with van der Waals surface area (Å²) in [6, 6.07) is 4.35. The monoisotopic (exact) mass is 244 g/mol. The third-order valence-corrected chi connectivity index (χ3v) is 3.44. The Morgan fingerprint density at radius 3 is 2.94 bits per heavy atom. The second-order valence-corrected chi connectivity index (χ2v) is 4.72. The molecule has 3 heterocycles. The summed E-state index contributed by atoms with van der Waals surface area (Å²) in [6.45, 7) is 3.18. The van der Waals surface area contributed by atoms with Gasteiger partial charge in [-0.25, -0.2) is 0 Å². The molecule has 94 valence electrons. The van der Waals surface area contributed by atoms with E-state index < -0.39 is 0 Å². The van der Waals surface area contributed by atoms with Gasteiger partial charge in [-0.2, -0.15) is 4.98 Å². The summed E-state index contributed by atoms with van der Waals surface area (Å²) in [7, 11) is 0. The highest BCUT2D eigenvalue weighted by Crippen LogP contribution is 2.26. The van der Waals surface area contributed by atoms with Gasteiger partial charge in [0.2, 0.25) is 5.89 Å². The van der Waals surface area contributed by atoms with E-state index in [1.54, 1.807) is 12.4 Å². The van der Waals surface area contributed by atoms with Crippen molar-refractivity contribution in [3.8, 4) is 0 Å². The number of pyridine rings is 1. The van der Waals surface area contributed by atoms with E-state index in [0.717, 1.165) is 30.2 Å². The largest absolute Gasteiger partial charge is 0.339 e. The Hall–Kier alpha value is -1.75. The zero-order valence-electron chi connectivity index (χ0n) is 10.3. The molecule has 0 bridgehead atoms. The van der Waals surface area contributed by atoms with Crippen molar-refractivity contribution < 1.29 is 4.52 Å². The van der Waals surface area contributed by atoms with Gasteiger partial charge < -0.3 is 9.84 Å². The fourth-order valence-corrected chi connectivity index (χ4v) is 2.37.